The highest BCUT2D eigenvalue weighted by atomic mass is 32.2. The van der Waals surface area contributed by atoms with E-state index in [0.29, 0.717) is 0 Å². The van der Waals surface area contributed by atoms with Gasteiger partial charge in [0.2, 0.25) is 5.91 Å². The summed E-state index contributed by atoms with van der Waals surface area (Å²) in [6.45, 7) is 5.19. The third-order valence-electron chi connectivity index (χ3n) is 2.99. The highest BCUT2D eigenvalue weighted by molar-refractivity contribution is 7.89. The van der Waals surface area contributed by atoms with Gasteiger partial charge in [0, 0.05) is 19.5 Å². The van der Waals surface area contributed by atoms with Gasteiger partial charge in [-0.1, -0.05) is 18.2 Å². The lowest BCUT2D eigenvalue weighted by molar-refractivity contribution is -0.147. The fraction of sp³-hybridized carbons (Fsp3) is 0.471. The van der Waals surface area contributed by atoms with Gasteiger partial charge in [-0.3, -0.25) is 9.59 Å². The van der Waals surface area contributed by atoms with Gasteiger partial charge in [0.25, 0.3) is 10.0 Å². The van der Waals surface area contributed by atoms with Gasteiger partial charge < -0.3 is 20.2 Å². The maximum atomic E-state index is 11.9. The first-order valence-electron chi connectivity index (χ1n) is 8.50. The van der Waals surface area contributed by atoms with Crippen LogP contribution in [-0.4, -0.2) is 45.1 Å². The summed E-state index contributed by atoms with van der Waals surface area (Å²) in [5.41, 5.74) is -0.630. The van der Waals surface area contributed by atoms with E-state index in [1.165, 1.54) is 24.3 Å². The Labute approximate surface area is 164 Å². The number of hydrogen-bond donors (Lipinski definition) is 3. The first-order valence-corrected chi connectivity index (χ1v) is 9.98. The Morgan fingerprint density at radius 3 is 2.18 bits per heavy atom. The average molecular weight is 415 g/mol. The molecule has 10 nitrogen and oxygen atoms in total. The number of carbonyl (C=O) groups is 3. The molecule has 156 valence electrons. The zero-order valence-corrected chi connectivity index (χ0v) is 16.8. The summed E-state index contributed by atoms with van der Waals surface area (Å²) in [5, 5.41) is 4.89. The number of benzene rings is 1. The molecule has 2 amide bonds. The van der Waals surface area contributed by atoms with Crippen molar-refractivity contribution in [3.8, 4) is 0 Å². The van der Waals surface area contributed by atoms with Crippen LogP contribution >= 0.6 is 0 Å². The van der Waals surface area contributed by atoms with Crippen molar-refractivity contribution in [1.82, 2.24) is 15.5 Å². The van der Waals surface area contributed by atoms with Crippen molar-refractivity contribution in [3.05, 3.63) is 30.3 Å². The molecule has 0 bridgehead atoms. The van der Waals surface area contributed by atoms with E-state index in [1.807, 2.05) is 0 Å². The molecule has 0 aliphatic carbocycles. The molecule has 0 unspecified atom stereocenters. The highest BCUT2D eigenvalue weighted by Gasteiger charge is 2.17. The number of hydrogen-bond acceptors (Lipinski definition) is 7. The van der Waals surface area contributed by atoms with Crippen LogP contribution in [0.1, 0.15) is 33.6 Å². The molecule has 0 aromatic heterocycles. The zero-order chi connectivity index (χ0) is 21.2. The minimum atomic E-state index is -3.96. The number of amides is 2. The molecule has 0 aliphatic rings. The fourth-order valence-corrected chi connectivity index (χ4v) is 2.60. The molecule has 0 heterocycles. The van der Waals surface area contributed by atoms with Gasteiger partial charge in [-0.25, -0.2) is 13.2 Å². The quantitative estimate of drug-likeness (QED) is 0.508. The first kappa shape index (κ1) is 23.4. The minimum Gasteiger partial charge on any atom is -0.444 e. The van der Waals surface area contributed by atoms with E-state index in [-0.39, 0.29) is 30.8 Å². The first-order chi connectivity index (χ1) is 13.0. The van der Waals surface area contributed by atoms with Crippen LogP contribution in [0.5, 0.6) is 0 Å². The summed E-state index contributed by atoms with van der Waals surface area (Å²) in [6, 6.07) is 7.41. The number of sulfonamides is 1. The van der Waals surface area contributed by atoms with Gasteiger partial charge in [-0.15, -0.1) is 0 Å². The topological polar surface area (TPSA) is 140 Å². The molecular formula is C17H25N3O7S. The molecule has 0 aliphatic heterocycles. The Kier molecular flexibility index (Phi) is 8.86. The lowest BCUT2D eigenvalue weighted by atomic mass is 10.2. The normalized spacial score (nSPS) is 11.4. The Morgan fingerprint density at radius 2 is 1.57 bits per heavy atom. The smallest absolute Gasteiger partial charge is 0.407 e. The van der Waals surface area contributed by atoms with E-state index in [9.17, 15) is 22.8 Å². The fourth-order valence-electron chi connectivity index (χ4n) is 1.78. The molecule has 28 heavy (non-hydrogen) atoms. The van der Waals surface area contributed by atoms with E-state index in [0.717, 1.165) is 0 Å². The Hall–Kier alpha value is -2.66. The highest BCUT2D eigenvalue weighted by Crippen LogP contribution is 2.07. The van der Waals surface area contributed by atoms with Gasteiger partial charge in [0.05, 0.1) is 11.3 Å². The van der Waals surface area contributed by atoms with Crippen LogP contribution in [0.4, 0.5) is 4.79 Å². The van der Waals surface area contributed by atoms with E-state index in [1.54, 1.807) is 31.7 Å². The van der Waals surface area contributed by atoms with Crippen LogP contribution in [0.3, 0.4) is 0 Å². The Morgan fingerprint density at radius 1 is 0.964 bits per heavy atom. The molecule has 0 saturated carbocycles. The molecule has 1 rings (SSSR count). The molecule has 3 N–H and O–H groups in total. The molecule has 0 fully saturated rings. The summed E-state index contributed by atoms with van der Waals surface area (Å²) in [5.74, 6) is -1.25. The molecule has 0 spiro atoms. The number of nitrogens with one attached hydrogen (secondary N) is 3. The maximum absolute atomic E-state index is 11.9. The summed E-state index contributed by atoms with van der Waals surface area (Å²) in [6.07, 6.45) is -0.869. The van der Waals surface area contributed by atoms with Gasteiger partial charge in [0.15, 0.2) is 0 Å². The van der Waals surface area contributed by atoms with Crippen molar-refractivity contribution in [2.24, 2.45) is 0 Å². The van der Waals surface area contributed by atoms with Crippen LogP contribution < -0.4 is 15.5 Å². The summed E-state index contributed by atoms with van der Waals surface area (Å²) in [4.78, 5) is 40.8. The number of ether oxygens (including phenoxy) is 1. The van der Waals surface area contributed by atoms with Crippen LogP contribution in [-0.2, 0) is 29.2 Å². The number of rotatable bonds is 9. The van der Waals surface area contributed by atoms with Crippen LogP contribution in [0, 0.1) is 0 Å². The third-order valence-corrected chi connectivity index (χ3v) is 4.19. The molecule has 0 radical (unpaired) electrons. The van der Waals surface area contributed by atoms with E-state index in [2.05, 4.69) is 15.5 Å². The largest absolute Gasteiger partial charge is 0.444 e. The van der Waals surface area contributed by atoms with Crippen molar-refractivity contribution in [1.29, 1.82) is 0 Å². The van der Waals surface area contributed by atoms with Gasteiger partial charge in [-0.2, -0.15) is 0 Å². The van der Waals surface area contributed by atoms with Crippen LogP contribution in [0.15, 0.2) is 35.2 Å². The monoisotopic (exact) mass is 415 g/mol. The maximum Gasteiger partial charge on any atom is 0.407 e. The van der Waals surface area contributed by atoms with E-state index in [4.69, 9.17) is 4.74 Å². The SMILES string of the molecule is CC(C)(C)OC(=O)NCCC(=O)NCCC(=O)ONS(=O)(=O)c1ccccc1. The second-order valence-electron chi connectivity index (χ2n) is 6.65. The summed E-state index contributed by atoms with van der Waals surface area (Å²) >= 11 is 0. The average Bonchev–Trinajstić information content (AvgIpc) is 2.59. The molecule has 11 heteroatoms. The number of alkyl carbamates (subject to hydrolysis) is 1. The lowest BCUT2D eigenvalue weighted by Gasteiger charge is -2.19. The van der Waals surface area contributed by atoms with Gasteiger partial charge in [-0.05, 0) is 37.8 Å². The predicted molar refractivity (Wildman–Crippen MR) is 99.3 cm³/mol. The number of carbonyl (C=O) groups excluding carboxylic acids is 3. The van der Waals surface area contributed by atoms with Crippen LogP contribution in [0.25, 0.3) is 0 Å². The Bertz CT molecular complexity index is 774. The third kappa shape index (κ3) is 9.88. The van der Waals surface area contributed by atoms with E-state index >= 15 is 0 Å². The molecule has 1 aromatic rings. The predicted octanol–water partition coefficient (Wildman–Crippen LogP) is 0.844. The van der Waals surface area contributed by atoms with Crippen molar-refractivity contribution >= 4 is 28.0 Å². The lowest BCUT2D eigenvalue weighted by Crippen LogP contribution is -2.35. The Balaban J connectivity index is 2.20. The second-order valence-corrected chi connectivity index (χ2v) is 8.30. The minimum absolute atomic E-state index is 0.00503. The van der Waals surface area contributed by atoms with Gasteiger partial charge in [0.1, 0.15) is 5.60 Å². The van der Waals surface area contributed by atoms with Crippen LogP contribution in [0.2, 0.25) is 0 Å². The zero-order valence-electron chi connectivity index (χ0n) is 16.0. The molecule has 1 aromatic carbocycles. The summed E-state index contributed by atoms with van der Waals surface area (Å²) in [7, 11) is -3.96. The van der Waals surface area contributed by atoms with E-state index < -0.39 is 33.6 Å². The van der Waals surface area contributed by atoms with Gasteiger partial charge >= 0.3 is 12.1 Å². The summed E-state index contributed by atoms with van der Waals surface area (Å²) < 4.78 is 28.8. The molecule has 0 saturated heterocycles. The standard InChI is InChI=1S/C17H25N3O7S/c1-17(2,3)26-16(23)19-11-9-14(21)18-12-10-15(22)27-20-28(24,25)13-7-5-4-6-8-13/h4-8,20H,9-12H2,1-3H3,(H,18,21)(H,19,23). The second kappa shape index (κ2) is 10.6. The van der Waals surface area contributed by atoms with Crippen molar-refractivity contribution in [2.45, 2.75) is 44.1 Å². The van der Waals surface area contributed by atoms with Crippen molar-refractivity contribution < 1.29 is 32.4 Å². The van der Waals surface area contributed by atoms with Crippen molar-refractivity contribution in [2.75, 3.05) is 13.1 Å². The molecule has 0 atom stereocenters. The molecular weight excluding hydrogens is 390 g/mol. The van der Waals surface area contributed by atoms with Crippen molar-refractivity contribution in [3.63, 3.8) is 0 Å².